The predicted molar refractivity (Wildman–Crippen MR) is 55.3 cm³/mol. The molecule has 1 rings (SSSR count). The molecule has 4 heteroatoms. The lowest BCUT2D eigenvalue weighted by Gasteiger charge is -2.14. The molecule has 0 spiro atoms. The molecule has 0 saturated heterocycles. The predicted octanol–water partition coefficient (Wildman–Crippen LogP) is 2.03. The molecule has 0 fully saturated rings. The zero-order valence-electron chi connectivity index (χ0n) is 8.51. The quantitative estimate of drug-likeness (QED) is 0.757. The van der Waals surface area contributed by atoms with E-state index < -0.39 is 6.09 Å². The minimum atomic E-state index is -0.448. The van der Waals surface area contributed by atoms with Gasteiger partial charge in [0.15, 0.2) is 0 Å². The van der Waals surface area contributed by atoms with Gasteiger partial charge < -0.3 is 9.64 Å². The third-order valence-electron chi connectivity index (χ3n) is 1.82. The summed E-state index contributed by atoms with van der Waals surface area (Å²) < 4.78 is 5.05. The molecule has 0 aromatic heterocycles. The molecule has 0 atom stereocenters. The molecular formula is C11H12N2O2. The number of amides is 1. The number of nitrogens with zero attached hydrogens (tertiary/aromatic N) is 2. The van der Waals surface area contributed by atoms with Gasteiger partial charge in [-0.15, -0.1) is 0 Å². The fourth-order valence-corrected chi connectivity index (χ4v) is 0.976. The first-order chi connectivity index (χ1) is 7.24. The van der Waals surface area contributed by atoms with E-state index in [2.05, 4.69) is 0 Å². The van der Waals surface area contributed by atoms with Crippen LogP contribution in [0.1, 0.15) is 6.42 Å². The summed E-state index contributed by atoms with van der Waals surface area (Å²) in [6.07, 6.45) is -0.142. The van der Waals surface area contributed by atoms with Crippen molar-refractivity contribution >= 4 is 6.09 Å². The number of hydrogen-bond donors (Lipinski definition) is 0. The normalized spacial score (nSPS) is 9.07. The highest BCUT2D eigenvalue weighted by molar-refractivity contribution is 5.70. The van der Waals surface area contributed by atoms with Crippen LogP contribution in [0.3, 0.4) is 0 Å². The van der Waals surface area contributed by atoms with Gasteiger partial charge in [-0.05, 0) is 12.1 Å². The van der Waals surface area contributed by atoms with Crippen LogP contribution in [0, 0.1) is 11.3 Å². The number of rotatable bonds is 3. The molecule has 15 heavy (non-hydrogen) atoms. The van der Waals surface area contributed by atoms with Crippen LogP contribution in [0.15, 0.2) is 30.3 Å². The van der Waals surface area contributed by atoms with Gasteiger partial charge in [0, 0.05) is 13.6 Å². The first-order valence-corrected chi connectivity index (χ1v) is 4.59. The SMILES string of the molecule is CN(CCC#N)C(=O)Oc1ccccc1. The summed E-state index contributed by atoms with van der Waals surface area (Å²) in [6.45, 7) is 0.377. The number of carbonyl (C=O) groups is 1. The highest BCUT2D eigenvalue weighted by Crippen LogP contribution is 2.09. The van der Waals surface area contributed by atoms with Crippen LogP contribution in [0.25, 0.3) is 0 Å². The summed E-state index contributed by atoms with van der Waals surface area (Å²) in [6, 6.07) is 10.8. The Bertz CT molecular complexity index is 357. The summed E-state index contributed by atoms with van der Waals surface area (Å²) in [4.78, 5) is 12.8. The lowest BCUT2D eigenvalue weighted by molar-refractivity contribution is 0.164. The van der Waals surface area contributed by atoms with Crippen LogP contribution in [0.4, 0.5) is 4.79 Å². The van der Waals surface area contributed by atoms with Crippen molar-refractivity contribution in [3.63, 3.8) is 0 Å². The molecule has 1 amide bonds. The van der Waals surface area contributed by atoms with Gasteiger partial charge in [-0.25, -0.2) is 4.79 Å². The first-order valence-electron chi connectivity index (χ1n) is 4.59. The fraction of sp³-hybridized carbons (Fsp3) is 0.273. The maximum absolute atomic E-state index is 11.4. The summed E-state index contributed by atoms with van der Waals surface area (Å²) >= 11 is 0. The van der Waals surface area contributed by atoms with Gasteiger partial charge in [0.2, 0.25) is 0 Å². The third-order valence-corrected chi connectivity index (χ3v) is 1.82. The number of benzene rings is 1. The zero-order chi connectivity index (χ0) is 11.1. The highest BCUT2D eigenvalue weighted by atomic mass is 16.6. The Morgan fingerprint density at radius 1 is 1.47 bits per heavy atom. The van der Waals surface area contributed by atoms with Gasteiger partial charge in [0.05, 0.1) is 12.5 Å². The van der Waals surface area contributed by atoms with Crippen LogP contribution in [-0.2, 0) is 0 Å². The Morgan fingerprint density at radius 2 is 2.13 bits per heavy atom. The number of hydrogen-bond acceptors (Lipinski definition) is 3. The van der Waals surface area contributed by atoms with Crippen molar-refractivity contribution in [3.8, 4) is 11.8 Å². The highest BCUT2D eigenvalue weighted by Gasteiger charge is 2.09. The Balaban J connectivity index is 2.46. The summed E-state index contributed by atoms with van der Waals surface area (Å²) in [7, 11) is 1.60. The van der Waals surface area contributed by atoms with Crippen LogP contribution in [-0.4, -0.2) is 24.6 Å². The van der Waals surface area contributed by atoms with Crippen molar-refractivity contribution in [1.82, 2.24) is 4.90 Å². The number of carbonyl (C=O) groups excluding carboxylic acids is 1. The maximum Gasteiger partial charge on any atom is 0.414 e. The Labute approximate surface area is 88.7 Å². The number of nitriles is 1. The molecule has 78 valence electrons. The smallest absolute Gasteiger partial charge is 0.410 e. The molecule has 0 N–H and O–H groups in total. The van der Waals surface area contributed by atoms with Gasteiger partial charge in [0.1, 0.15) is 5.75 Å². The van der Waals surface area contributed by atoms with Gasteiger partial charge in [0.25, 0.3) is 0 Å². The van der Waals surface area contributed by atoms with Crippen LogP contribution >= 0.6 is 0 Å². The number of para-hydroxylation sites is 1. The molecule has 0 aliphatic carbocycles. The minimum Gasteiger partial charge on any atom is -0.410 e. The largest absolute Gasteiger partial charge is 0.414 e. The second-order valence-electron chi connectivity index (χ2n) is 3.01. The van der Waals surface area contributed by atoms with Crippen molar-refractivity contribution in [2.75, 3.05) is 13.6 Å². The van der Waals surface area contributed by atoms with Crippen molar-refractivity contribution in [1.29, 1.82) is 5.26 Å². The van der Waals surface area contributed by atoms with Gasteiger partial charge >= 0.3 is 6.09 Å². The van der Waals surface area contributed by atoms with E-state index in [4.69, 9.17) is 10.00 Å². The molecule has 0 aliphatic heterocycles. The lowest BCUT2D eigenvalue weighted by atomic mass is 10.3. The zero-order valence-corrected chi connectivity index (χ0v) is 8.51. The minimum absolute atomic E-state index is 0.306. The van der Waals surface area contributed by atoms with Crippen molar-refractivity contribution in [2.24, 2.45) is 0 Å². The molecule has 0 bridgehead atoms. The van der Waals surface area contributed by atoms with Crippen LogP contribution in [0.2, 0.25) is 0 Å². The molecule has 0 unspecified atom stereocenters. The average molecular weight is 204 g/mol. The topological polar surface area (TPSA) is 53.3 Å². The Morgan fingerprint density at radius 3 is 2.73 bits per heavy atom. The second kappa shape index (κ2) is 5.66. The van der Waals surface area contributed by atoms with E-state index in [1.807, 2.05) is 12.1 Å². The van der Waals surface area contributed by atoms with E-state index in [0.717, 1.165) is 0 Å². The maximum atomic E-state index is 11.4. The van der Waals surface area contributed by atoms with E-state index in [9.17, 15) is 4.79 Å². The second-order valence-corrected chi connectivity index (χ2v) is 3.01. The lowest BCUT2D eigenvalue weighted by Crippen LogP contribution is -2.30. The fourth-order valence-electron chi connectivity index (χ4n) is 0.976. The van der Waals surface area contributed by atoms with Gasteiger partial charge in [-0.2, -0.15) is 5.26 Å². The summed E-state index contributed by atoms with van der Waals surface area (Å²) in [5.74, 6) is 0.506. The Kier molecular flexibility index (Phi) is 4.17. The van der Waals surface area contributed by atoms with E-state index in [0.29, 0.717) is 18.7 Å². The summed E-state index contributed by atoms with van der Waals surface area (Å²) in [5, 5.41) is 8.36. The molecule has 1 aromatic carbocycles. The third kappa shape index (κ3) is 3.69. The van der Waals surface area contributed by atoms with Crippen molar-refractivity contribution in [2.45, 2.75) is 6.42 Å². The molecule has 0 radical (unpaired) electrons. The van der Waals surface area contributed by atoms with Crippen LogP contribution in [0.5, 0.6) is 5.75 Å². The summed E-state index contributed by atoms with van der Waals surface area (Å²) in [5.41, 5.74) is 0. The van der Waals surface area contributed by atoms with Crippen molar-refractivity contribution in [3.05, 3.63) is 30.3 Å². The molecule has 1 aromatic rings. The molecule has 0 saturated carbocycles. The monoisotopic (exact) mass is 204 g/mol. The standard InChI is InChI=1S/C11H12N2O2/c1-13(9-5-8-12)11(14)15-10-6-3-2-4-7-10/h2-4,6-7H,5,9H2,1H3. The average Bonchev–Trinajstić information content (AvgIpc) is 2.27. The van der Waals surface area contributed by atoms with Gasteiger partial charge in [-0.3, -0.25) is 0 Å². The Hall–Kier alpha value is -2.02. The first kappa shape index (κ1) is 11.1. The molecule has 4 nitrogen and oxygen atoms in total. The molecule has 0 heterocycles. The number of ether oxygens (including phenoxy) is 1. The van der Waals surface area contributed by atoms with Crippen molar-refractivity contribution < 1.29 is 9.53 Å². The van der Waals surface area contributed by atoms with E-state index >= 15 is 0 Å². The van der Waals surface area contributed by atoms with E-state index in [-0.39, 0.29) is 0 Å². The molecular weight excluding hydrogens is 192 g/mol. The van der Waals surface area contributed by atoms with Crippen LogP contribution < -0.4 is 4.74 Å². The van der Waals surface area contributed by atoms with E-state index in [1.165, 1.54) is 4.90 Å². The van der Waals surface area contributed by atoms with Gasteiger partial charge in [-0.1, -0.05) is 18.2 Å². The van der Waals surface area contributed by atoms with E-state index in [1.54, 1.807) is 31.3 Å². The molecule has 0 aliphatic rings.